The Bertz CT molecular complexity index is 178. The summed E-state index contributed by atoms with van der Waals surface area (Å²) in [7, 11) is 0. The molecule has 0 radical (unpaired) electrons. The molecule has 2 fully saturated rings. The molecule has 88 valence electrons. The van der Waals surface area contributed by atoms with Crippen molar-refractivity contribution in [3.8, 4) is 0 Å². The monoisotopic (exact) mass is 231 g/mol. The lowest BCUT2D eigenvalue weighted by molar-refractivity contribution is 0.0728. The number of halogens is 1. The number of hydrogen-bond donors (Lipinski definition) is 0. The highest BCUT2D eigenvalue weighted by Gasteiger charge is 2.25. The smallest absolute Gasteiger partial charge is 0.0588 e. The van der Waals surface area contributed by atoms with Gasteiger partial charge in [0, 0.05) is 31.6 Å². The van der Waals surface area contributed by atoms with E-state index in [1.54, 1.807) is 0 Å². The second-order valence-electron chi connectivity index (χ2n) is 4.73. The lowest BCUT2D eigenvalue weighted by atomic mass is 9.91. The zero-order valence-corrected chi connectivity index (χ0v) is 10.2. The number of hydrogen-bond acceptors (Lipinski definition) is 2. The van der Waals surface area contributed by atoms with Crippen molar-refractivity contribution in [2.45, 2.75) is 50.7 Å². The molecule has 2 rings (SSSR count). The maximum atomic E-state index is 5.84. The van der Waals surface area contributed by atoms with Gasteiger partial charge in [-0.1, -0.05) is 6.42 Å². The van der Waals surface area contributed by atoms with Crippen LogP contribution in [0, 0.1) is 0 Å². The molecule has 0 N–H and O–H groups in total. The third-order valence-electron chi connectivity index (χ3n) is 3.73. The predicted octanol–water partition coefficient (Wildman–Crippen LogP) is 2.65. The largest absolute Gasteiger partial charge is 0.378 e. The molecule has 2 aliphatic rings. The topological polar surface area (TPSA) is 12.5 Å². The van der Waals surface area contributed by atoms with Gasteiger partial charge in [0.2, 0.25) is 0 Å². The van der Waals surface area contributed by atoms with E-state index >= 15 is 0 Å². The minimum absolute atomic E-state index is 0.530. The first-order valence-electron chi connectivity index (χ1n) is 6.32. The third kappa shape index (κ3) is 3.33. The Morgan fingerprint density at radius 3 is 2.53 bits per heavy atom. The molecule has 3 heteroatoms. The molecule has 1 aliphatic heterocycles. The minimum Gasteiger partial charge on any atom is -0.378 e. The average molecular weight is 232 g/mol. The van der Waals surface area contributed by atoms with Gasteiger partial charge in [0.05, 0.1) is 6.10 Å². The Labute approximate surface area is 97.9 Å². The lowest BCUT2D eigenvalue weighted by Gasteiger charge is -2.37. The number of rotatable bonds is 6. The van der Waals surface area contributed by atoms with Crippen LogP contribution in [0.2, 0.25) is 0 Å². The van der Waals surface area contributed by atoms with Crippen LogP contribution in [-0.4, -0.2) is 42.6 Å². The van der Waals surface area contributed by atoms with Crippen molar-refractivity contribution in [2.24, 2.45) is 0 Å². The molecule has 0 amide bonds. The zero-order chi connectivity index (χ0) is 10.5. The summed E-state index contributed by atoms with van der Waals surface area (Å²) in [6.07, 6.45) is 8.41. The normalized spacial score (nSPS) is 27.2. The second-order valence-corrected chi connectivity index (χ2v) is 5.11. The number of alkyl halides is 1. The van der Waals surface area contributed by atoms with Crippen molar-refractivity contribution in [2.75, 3.05) is 25.6 Å². The Kier molecular flexibility index (Phi) is 4.73. The number of nitrogens with zero attached hydrogens (tertiary/aromatic N) is 1. The molecule has 0 aromatic heterocycles. The summed E-state index contributed by atoms with van der Waals surface area (Å²) in [4.78, 5) is 2.57. The van der Waals surface area contributed by atoms with Crippen LogP contribution in [-0.2, 0) is 4.74 Å². The summed E-state index contributed by atoms with van der Waals surface area (Å²) in [5.74, 6) is 0.766. The van der Waals surface area contributed by atoms with Gasteiger partial charge >= 0.3 is 0 Å². The average Bonchev–Trinajstić information content (AvgIpc) is 2.64. The van der Waals surface area contributed by atoms with E-state index < -0.39 is 0 Å². The lowest BCUT2D eigenvalue weighted by Crippen LogP contribution is -2.42. The van der Waals surface area contributed by atoms with Crippen LogP contribution < -0.4 is 0 Å². The standard InChI is InChI=1S/C12H22ClNO/c13-7-9-14(11-3-1-4-11)8-6-12-5-2-10-15-12/h11-12H,1-10H2. The van der Waals surface area contributed by atoms with Gasteiger partial charge in [-0.25, -0.2) is 0 Å². The first-order chi connectivity index (χ1) is 7.40. The van der Waals surface area contributed by atoms with Gasteiger partial charge in [-0.05, 0) is 32.1 Å². The molecule has 0 spiro atoms. The van der Waals surface area contributed by atoms with E-state index in [1.165, 1.54) is 45.1 Å². The Balaban J connectivity index is 1.68. The van der Waals surface area contributed by atoms with Crippen LogP contribution in [0.1, 0.15) is 38.5 Å². The first-order valence-corrected chi connectivity index (χ1v) is 6.85. The molecule has 1 saturated heterocycles. The summed E-state index contributed by atoms with van der Waals surface area (Å²) in [5.41, 5.74) is 0. The van der Waals surface area contributed by atoms with Gasteiger partial charge < -0.3 is 4.74 Å². The highest BCUT2D eigenvalue weighted by Crippen LogP contribution is 2.25. The quantitative estimate of drug-likeness (QED) is 0.652. The summed E-state index contributed by atoms with van der Waals surface area (Å²) < 4.78 is 5.65. The Hall–Kier alpha value is 0.210. The van der Waals surface area contributed by atoms with E-state index in [-0.39, 0.29) is 0 Å². The molecule has 1 saturated carbocycles. The van der Waals surface area contributed by atoms with Gasteiger partial charge in [-0.15, -0.1) is 11.6 Å². The molecule has 2 nitrogen and oxygen atoms in total. The first kappa shape index (κ1) is 11.7. The molecule has 15 heavy (non-hydrogen) atoms. The Morgan fingerprint density at radius 2 is 2.00 bits per heavy atom. The van der Waals surface area contributed by atoms with E-state index in [2.05, 4.69) is 4.90 Å². The molecular weight excluding hydrogens is 210 g/mol. The number of ether oxygens (including phenoxy) is 1. The fourth-order valence-electron chi connectivity index (χ4n) is 2.52. The van der Waals surface area contributed by atoms with Crippen molar-refractivity contribution in [3.63, 3.8) is 0 Å². The van der Waals surface area contributed by atoms with Crippen LogP contribution >= 0.6 is 11.6 Å². The maximum absolute atomic E-state index is 5.84. The second kappa shape index (κ2) is 6.07. The van der Waals surface area contributed by atoms with Crippen LogP contribution in [0.5, 0.6) is 0 Å². The summed E-state index contributed by atoms with van der Waals surface area (Å²) in [5, 5.41) is 0. The van der Waals surface area contributed by atoms with Gasteiger partial charge in [0.25, 0.3) is 0 Å². The van der Waals surface area contributed by atoms with Gasteiger partial charge in [-0.2, -0.15) is 0 Å². The van der Waals surface area contributed by atoms with Crippen LogP contribution in [0.25, 0.3) is 0 Å². The summed E-state index contributed by atoms with van der Waals surface area (Å²) in [6.45, 7) is 3.21. The minimum atomic E-state index is 0.530. The van der Waals surface area contributed by atoms with Crippen molar-refractivity contribution in [1.82, 2.24) is 4.90 Å². The fraction of sp³-hybridized carbons (Fsp3) is 1.00. The van der Waals surface area contributed by atoms with Crippen LogP contribution in [0.15, 0.2) is 0 Å². The molecular formula is C12H22ClNO. The fourth-order valence-corrected chi connectivity index (χ4v) is 2.74. The molecule has 1 unspecified atom stereocenters. The van der Waals surface area contributed by atoms with Crippen LogP contribution in [0.4, 0.5) is 0 Å². The molecule has 0 aromatic carbocycles. The van der Waals surface area contributed by atoms with Crippen molar-refractivity contribution < 1.29 is 4.74 Å². The van der Waals surface area contributed by atoms with Crippen LogP contribution in [0.3, 0.4) is 0 Å². The van der Waals surface area contributed by atoms with E-state index in [1.807, 2.05) is 0 Å². The van der Waals surface area contributed by atoms with E-state index in [4.69, 9.17) is 16.3 Å². The molecule has 0 aromatic rings. The third-order valence-corrected chi connectivity index (χ3v) is 3.89. The van der Waals surface area contributed by atoms with Gasteiger partial charge in [0.15, 0.2) is 0 Å². The Morgan fingerprint density at radius 1 is 1.13 bits per heavy atom. The van der Waals surface area contributed by atoms with Gasteiger partial charge in [0.1, 0.15) is 0 Å². The predicted molar refractivity (Wildman–Crippen MR) is 63.5 cm³/mol. The zero-order valence-electron chi connectivity index (χ0n) is 9.46. The molecule has 1 heterocycles. The molecule has 1 atom stereocenters. The van der Waals surface area contributed by atoms with E-state index in [9.17, 15) is 0 Å². The molecule has 0 bridgehead atoms. The summed E-state index contributed by atoms with van der Waals surface area (Å²) >= 11 is 5.84. The van der Waals surface area contributed by atoms with Gasteiger partial charge in [-0.3, -0.25) is 4.90 Å². The van der Waals surface area contributed by atoms with Crippen molar-refractivity contribution in [1.29, 1.82) is 0 Å². The maximum Gasteiger partial charge on any atom is 0.0588 e. The van der Waals surface area contributed by atoms with E-state index in [0.717, 1.165) is 25.1 Å². The van der Waals surface area contributed by atoms with Crippen molar-refractivity contribution in [3.05, 3.63) is 0 Å². The SMILES string of the molecule is ClCCN(CCC1CCCO1)C1CCC1. The highest BCUT2D eigenvalue weighted by atomic mass is 35.5. The molecule has 1 aliphatic carbocycles. The summed E-state index contributed by atoms with van der Waals surface area (Å²) in [6, 6.07) is 0.824. The van der Waals surface area contributed by atoms with E-state index in [0.29, 0.717) is 6.10 Å². The van der Waals surface area contributed by atoms with Crippen molar-refractivity contribution >= 4 is 11.6 Å². The highest BCUT2D eigenvalue weighted by molar-refractivity contribution is 6.18.